The smallest absolute Gasteiger partial charge is 0.270 e. The van der Waals surface area contributed by atoms with E-state index in [0.29, 0.717) is 27.8 Å². The molecule has 0 bridgehead atoms. The summed E-state index contributed by atoms with van der Waals surface area (Å²) in [6.45, 7) is 0. The second kappa shape index (κ2) is 6.37. The van der Waals surface area contributed by atoms with E-state index in [1.807, 2.05) is 0 Å². The van der Waals surface area contributed by atoms with Gasteiger partial charge >= 0.3 is 0 Å². The molecular weight excluding hydrogens is 310 g/mol. The Morgan fingerprint density at radius 3 is 2.71 bits per heavy atom. The summed E-state index contributed by atoms with van der Waals surface area (Å²) < 4.78 is 10.7. The van der Waals surface area contributed by atoms with Crippen LogP contribution in [0.3, 0.4) is 0 Å². The van der Waals surface area contributed by atoms with E-state index in [9.17, 15) is 14.9 Å². The fourth-order valence-corrected chi connectivity index (χ4v) is 2.37. The van der Waals surface area contributed by atoms with Crippen molar-refractivity contribution in [2.24, 2.45) is 0 Å². The Bertz CT molecular complexity index is 1000. The van der Waals surface area contributed by atoms with E-state index in [0.717, 1.165) is 0 Å². The van der Waals surface area contributed by atoms with Crippen LogP contribution in [-0.4, -0.2) is 12.0 Å². The van der Waals surface area contributed by atoms with E-state index < -0.39 is 4.92 Å². The van der Waals surface area contributed by atoms with Crippen LogP contribution < -0.4 is 10.2 Å². The van der Waals surface area contributed by atoms with Crippen LogP contribution in [0, 0.1) is 10.1 Å². The lowest BCUT2D eigenvalue weighted by Crippen LogP contribution is -2.06. The highest BCUT2D eigenvalue weighted by molar-refractivity contribution is 5.86. The monoisotopic (exact) mass is 323 g/mol. The maximum Gasteiger partial charge on any atom is 0.270 e. The number of benzene rings is 2. The van der Waals surface area contributed by atoms with Gasteiger partial charge in [0.15, 0.2) is 0 Å². The summed E-state index contributed by atoms with van der Waals surface area (Å²) >= 11 is 0. The predicted molar refractivity (Wildman–Crippen MR) is 91.1 cm³/mol. The van der Waals surface area contributed by atoms with Crippen LogP contribution in [-0.2, 0) is 0 Å². The molecule has 0 saturated heterocycles. The Morgan fingerprint density at radius 2 is 1.96 bits per heavy atom. The van der Waals surface area contributed by atoms with Gasteiger partial charge in [-0.2, -0.15) is 0 Å². The minimum atomic E-state index is -0.466. The summed E-state index contributed by atoms with van der Waals surface area (Å²) in [5.74, 6) is 0.437. The number of nitro groups is 1. The predicted octanol–water partition coefficient (Wildman–Crippen LogP) is 3.88. The third-order valence-corrected chi connectivity index (χ3v) is 3.55. The number of hydrogen-bond acceptors (Lipinski definition) is 5. The number of ether oxygens (including phenoxy) is 1. The molecule has 0 N–H and O–H groups in total. The maximum absolute atomic E-state index is 12.6. The summed E-state index contributed by atoms with van der Waals surface area (Å²) in [6.07, 6.45) is 4.55. The average molecular weight is 323 g/mol. The van der Waals surface area contributed by atoms with E-state index in [4.69, 9.17) is 9.15 Å². The first kappa shape index (κ1) is 15.5. The topological polar surface area (TPSA) is 82.6 Å². The fourth-order valence-electron chi connectivity index (χ4n) is 2.37. The SMILES string of the molecule is COc1cccc2occ(/C=C\c3cccc([N+](=O)[O-])c3)c(=O)c12. The molecule has 0 saturated carbocycles. The van der Waals surface area contributed by atoms with Crippen LogP contribution in [0.5, 0.6) is 5.75 Å². The Hall–Kier alpha value is -3.41. The van der Waals surface area contributed by atoms with Gasteiger partial charge in [-0.1, -0.05) is 24.3 Å². The molecule has 3 rings (SSSR count). The van der Waals surface area contributed by atoms with Crippen LogP contribution in [0.2, 0.25) is 0 Å². The van der Waals surface area contributed by atoms with Crippen LogP contribution in [0.25, 0.3) is 23.1 Å². The standard InChI is InChI=1S/C18H13NO5/c1-23-15-6-3-7-16-17(15)18(20)13(11-24-16)9-8-12-4-2-5-14(10-12)19(21)22/h2-11H,1H3/b9-8-. The highest BCUT2D eigenvalue weighted by Crippen LogP contribution is 2.23. The Labute approximate surface area is 136 Å². The molecule has 24 heavy (non-hydrogen) atoms. The molecule has 3 aromatic rings. The number of fused-ring (bicyclic) bond motifs is 1. The minimum absolute atomic E-state index is 0.00985. The van der Waals surface area contributed by atoms with Gasteiger partial charge in [0.25, 0.3) is 5.69 Å². The molecule has 0 aliphatic carbocycles. The Kier molecular flexibility index (Phi) is 4.11. The highest BCUT2D eigenvalue weighted by Gasteiger charge is 2.10. The molecule has 0 atom stereocenters. The molecule has 120 valence electrons. The number of non-ortho nitro benzene ring substituents is 1. The van der Waals surface area contributed by atoms with Gasteiger partial charge in [0.1, 0.15) is 23.0 Å². The van der Waals surface area contributed by atoms with Crippen molar-refractivity contribution in [1.82, 2.24) is 0 Å². The molecule has 6 heteroatoms. The lowest BCUT2D eigenvalue weighted by atomic mass is 10.1. The molecule has 1 aromatic heterocycles. The van der Waals surface area contributed by atoms with E-state index in [1.165, 1.54) is 25.5 Å². The van der Waals surface area contributed by atoms with Gasteiger partial charge in [0, 0.05) is 12.1 Å². The van der Waals surface area contributed by atoms with Gasteiger partial charge in [-0.15, -0.1) is 0 Å². The van der Waals surface area contributed by atoms with Crippen LogP contribution in [0.1, 0.15) is 11.1 Å². The molecule has 6 nitrogen and oxygen atoms in total. The largest absolute Gasteiger partial charge is 0.496 e. The summed E-state index contributed by atoms with van der Waals surface area (Å²) in [7, 11) is 1.49. The molecule has 1 heterocycles. The lowest BCUT2D eigenvalue weighted by Gasteiger charge is -2.04. The molecule has 0 aliphatic rings. The van der Waals surface area contributed by atoms with E-state index in [2.05, 4.69) is 0 Å². The Balaban J connectivity index is 2.04. The zero-order chi connectivity index (χ0) is 17.1. The molecule has 0 aliphatic heterocycles. The van der Waals surface area contributed by atoms with Gasteiger partial charge in [-0.3, -0.25) is 14.9 Å². The van der Waals surface area contributed by atoms with Gasteiger partial charge in [-0.25, -0.2) is 0 Å². The van der Waals surface area contributed by atoms with Crippen molar-refractivity contribution in [2.45, 2.75) is 0 Å². The van der Waals surface area contributed by atoms with Crippen molar-refractivity contribution in [3.05, 3.63) is 80.2 Å². The summed E-state index contributed by atoms with van der Waals surface area (Å²) in [4.78, 5) is 22.9. The lowest BCUT2D eigenvalue weighted by molar-refractivity contribution is -0.384. The van der Waals surface area contributed by atoms with Crippen molar-refractivity contribution in [1.29, 1.82) is 0 Å². The number of nitrogens with zero attached hydrogens (tertiary/aromatic N) is 1. The molecule has 0 spiro atoms. The first-order chi connectivity index (χ1) is 11.6. The van der Waals surface area contributed by atoms with Crippen molar-refractivity contribution in [3.8, 4) is 5.75 Å². The molecule has 0 radical (unpaired) electrons. The van der Waals surface area contributed by atoms with Crippen molar-refractivity contribution in [2.75, 3.05) is 7.11 Å². The average Bonchev–Trinajstić information content (AvgIpc) is 2.61. The van der Waals surface area contributed by atoms with E-state index in [-0.39, 0.29) is 11.1 Å². The van der Waals surface area contributed by atoms with Crippen molar-refractivity contribution < 1.29 is 14.1 Å². The fraction of sp³-hybridized carbons (Fsp3) is 0.0556. The molecule has 0 fully saturated rings. The molecule has 2 aromatic carbocycles. The van der Waals surface area contributed by atoms with E-state index >= 15 is 0 Å². The number of hydrogen-bond donors (Lipinski definition) is 0. The summed E-state index contributed by atoms with van der Waals surface area (Å²) in [5.41, 5.74) is 1.15. The quantitative estimate of drug-likeness (QED) is 0.537. The third kappa shape index (κ3) is 2.89. The van der Waals surface area contributed by atoms with Gasteiger partial charge < -0.3 is 9.15 Å². The first-order valence-corrected chi connectivity index (χ1v) is 7.11. The van der Waals surface area contributed by atoms with E-state index in [1.54, 1.807) is 42.5 Å². The molecule has 0 unspecified atom stereocenters. The van der Waals surface area contributed by atoms with Crippen LogP contribution >= 0.6 is 0 Å². The summed E-state index contributed by atoms with van der Waals surface area (Å²) in [6, 6.07) is 11.3. The van der Waals surface area contributed by atoms with Gasteiger partial charge in [0.2, 0.25) is 5.43 Å². The van der Waals surface area contributed by atoms with Gasteiger partial charge in [-0.05, 0) is 23.8 Å². The first-order valence-electron chi connectivity index (χ1n) is 7.11. The van der Waals surface area contributed by atoms with Crippen LogP contribution in [0.4, 0.5) is 5.69 Å². The zero-order valence-electron chi connectivity index (χ0n) is 12.8. The third-order valence-electron chi connectivity index (χ3n) is 3.55. The second-order valence-electron chi connectivity index (χ2n) is 5.04. The highest BCUT2D eigenvalue weighted by atomic mass is 16.6. The summed E-state index contributed by atoms with van der Waals surface area (Å²) in [5, 5.41) is 11.2. The molecule has 0 amide bonds. The van der Waals surface area contributed by atoms with Crippen LogP contribution in [0.15, 0.2) is 57.9 Å². The van der Waals surface area contributed by atoms with Crippen molar-refractivity contribution in [3.63, 3.8) is 0 Å². The Morgan fingerprint density at radius 1 is 1.17 bits per heavy atom. The number of rotatable bonds is 4. The maximum atomic E-state index is 12.6. The normalized spacial score (nSPS) is 11.0. The van der Waals surface area contributed by atoms with Gasteiger partial charge in [0.05, 0.1) is 17.6 Å². The molecular formula is C18H13NO5. The van der Waals surface area contributed by atoms with Crippen molar-refractivity contribution >= 4 is 28.8 Å². The second-order valence-corrected chi connectivity index (χ2v) is 5.04. The number of methoxy groups -OCH3 is 1. The zero-order valence-corrected chi connectivity index (χ0v) is 12.8. The number of nitro benzene ring substituents is 1. The minimum Gasteiger partial charge on any atom is -0.496 e.